The minimum atomic E-state index is 0.562. The van der Waals surface area contributed by atoms with E-state index in [1.165, 1.54) is 0 Å². The zero-order chi connectivity index (χ0) is 12.5. The molecule has 3 aromatic rings. The third-order valence-electron chi connectivity index (χ3n) is 2.95. The van der Waals surface area contributed by atoms with Gasteiger partial charge >= 0.3 is 0 Å². The number of aldehydes is 1. The Kier molecular flexibility index (Phi) is 2.52. The summed E-state index contributed by atoms with van der Waals surface area (Å²) in [7, 11) is 0. The monoisotopic (exact) mass is 240 g/mol. The van der Waals surface area contributed by atoms with Crippen LogP contribution in [0.3, 0.4) is 0 Å². The highest BCUT2D eigenvalue weighted by molar-refractivity contribution is 6.13. The predicted octanol–water partition coefficient (Wildman–Crippen LogP) is 3.80. The average Bonchev–Trinajstić information content (AvgIpc) is 2.79. The molecule has 0 saturated heterocycles. The highest BCUT2D eigenvalue weighted by Crippen LogP contribution is 2.36. The van der Waals surface area contributed by atoms with Gasteiger partial charge in [-0.25, -0.2) is 0 Å². The number of carbonyl (C=O) groups is 1. The number of rotatable bonds is 3. The largest absolute Gasteiger partial charge is 0.490 e. The topological polar surface area (TPSA) is 39.4 Å². The van der Waals surface area contributed by atoms with Crippen molar-refractivity contribution in [2.45, 2.75) is 6.92 Å². The van der Waals surface area contributed by atoms with Crippen LogP contribution in [0.15, 0.2) is 40.8 Å². The molecule has 0 bridgehead atoms. The summed E-state index contributed by atoms with van der Waals surface area (Å²) in [6.45, 7) is 2.48. The molecule has 18 heavy (non-hydrogen) atoms. The van der Waals surface area contributed by atoms with E-state index < -0.39 is 0 Å². The van der Waals surface area contributed by atoms with Crippen LogP contribution in [-0.2, 0) is 0 Å². The van der Waals surface area contributed by atoms with Crippen LogP contribution in [0.1, 0.15) is 17.3 Å². The van der Waals surface area contributed by atoms with E-state index in [2.05, 4.69) is 0 Å². The summed E-state index contributed by atoms with van der Waals surface area (Å²) in [4.78, 5) is 11.1. The van der Waals surface area contributed by atoms with E-state index in [1.807, 2.05) is 31.2 Å². The molecule has 0 aliphatic carbocycles. The van der Waals surface area contributed by atoms with Crippen molar-refractivity contribution in [3.8, 4) is 5.75 Å². The van der Waals surface area contributed by atoms with Gasteiger partial charge in [-0.1, -0.05) is 18.2 Å². The molecule has 0 radical (unpaired) electrons. The van der Waals surface area contributed by atoms with Crippen LogP contribution in [0.4, 0.5) is 0 Å². The minimum absolute atomic E-state index is 0.562. The molecule has 3 rings (SSSR count). The molecule has 2 aromatic carbocycles. The van der Waals surface area contributed by atoms with Gasteiger partial charge in [-0.3, -0.25) is 4.79 Å². The zero-order valence-electron chi connectivity index (χ0n) is 9.97. The van der Waals surface area contributed by atoms with Gasteiger partial charge in [-0.05, 0) is 25.1 Å². The van der Waals surface area contributed by atoms with E-state index in [1.54, 1.807) is 12.1 Å². The smallest absolute Gasteiger partial charge is 0.177 e. The maximum atomic E-state index is 11.1. The molecular weight excluding hydrogens is 228 g/mol. The van der Waals surface area contributed by atoms with Crippen LogP contribution in [0, 0.1) is 0 Å². The van der Waals surface area contributed by atoms with Crippen molar-refractivity contribution in [3.05, 3.63) is 42.0 Å². The lowest BCUT2D eigenvalue weighted by Crippen LogP contribution is -1.92. The second kappa shape index (κ2) is 4.18. The molecule has 1 aromatic heterocycles. The molecule has 0 saturated carbocycles. The van der Waals surface area contributed by atoms with Crippen LogP contribution in [0.5, 0.6) is 5.75 Å². The Morgan fingerprint density at radius 1 is 1.22 bits per heavy atom. The Balaban J connectivity index is 2.46. The van der Waals surface area contributed by atoms with E-state index in [4.69, 9.17) is 9.15 Å². The van der Waals surface area contributed by atoms with E-state index in [0.29, 0.717) is 23.5 Å². The van der Waals surface area contributed by atoms with Gasteiger partial charge in [0.25, 0.3) is 0 Å². The fourth-order valence-corrected chi connectivity index (χ4v) is 2.20. The molecule has 0 unspecified atom stereocenters. The number of hydrogen-bond acceptors (Lipinski definition) is 3. The van der Waals surface area contributed by atoms with Crippen LogP contribution in [0.2, 0.25) is 0 Å². The highest BCUT2D eigenvalue weighted by Gasteiger charge is 2.14. The molecule has 0 aliphatic rings. The van der Waals surface area contributed by atoms with Crippen molar-refractivity contribution >= 4 is 28.2 Å². The summed E-state index contributed by atoms with van der Waals surface area (Å²) < 4.78 is 11.3. The van der Waals surface area contributed by atoms with Crippen molar-refractivity contribution in [1.29, 1.82) is 0 Å². The summed E-state index contributed by atoms with van der Waals surface area (Å²) in [5.41, 5.74) is 2.03. The Morgan fingerprint density at radius 3 is 2.83 bits per heavy atom. The molecular formula is C15H12O3. The van der Waals surface area contributed by atoms with Crippen LogP contribution in [-0.4, -0.2) is 12.9 Å². The van der Waals surface area contributed by atoms with Crippen LogP contribution >= 0.6 is 0 Å². The Labute approximate surface area is 104 Å². The molecule has 0 atom stereocenters. The Hall–Kier alpha value is -2.29. The summed E-state index contributed by atoms with van der Waals surface area (Å²) >= 11 is 0. The van der Waals surface area contributed by atoms with Crippen molar-refractivity contribution < 1.29 is 13.9 Å². The van der Waals surface area contributed by atoms with Crippen LogP contribution < -0.4 is 4.74 Å². The van der Waals surface area contributed by atoms with Gasteiger partial charge in [-0.2, -0.15) is 0 Å². The second-order valence-corrected chi connectivity index (χ2v) is 4.01. The van der Waals surface area contributed by atoms with Gasteiger partial charge in [0.15, 0.2) is 17.6 Å². The van der Waals surface area contributed by atoms with Crippen molar-refractivity contribution in [1.82, 2.24) is 0 Å². The minimum Gasteiger partial charge on any atom is -0.490 e. The van der Waals surface area contributed by atoms with Crippen molar-refractivity contribution in [3.63, 3.8) is 0 Å². The molecule has 1 heterocycles. The quantitative estimate of drug-likeness (QED) is 0.654. The molecule has 3 nitrogen and oxygen atoms in total. The first kappa shape index (κ1) is 10.8. The molecule has 0 amide bonds. The maximum absolute atomic E-state index is 11.1. The van der Waals surface area contributed by atoms with Gasteiger partial charge in [0.05, 0.1) is 6.61 Å². The van der Waals surface area contributed by atoms with Crippen molar-refractivity contribution in [2.24, 2.45) is 0 Å². The van der Waals surface area contributed by atoms with E-state index in [-0.39, 0.29) is 0 Å². The SMILES string of the molecule is CCOc1ccc(C=O)c2c1oc1ccccc12. The first-order valence-electron chi connectivity index (χ1n) is 5.87. The zero-order valence-corrected chi connectivity index (χ0v) is 9.97. The Morgan fingerprint density at radius 2 is 2.06 bits per heavy atom. The van der Waals surface area contributed by atoms with Gasteiger partial charge in [-0.15, -0.1) is 0 Å². The number of carbonyl (C=O) groups excluding carboxylic acids is 1. The summed E-state index contributed by atoms with van der Waals surface area (Å²) in [5, 5.41) is 1.77. The van der Waals surface area contributed by atoms with E-state index in [9.17, 15) is 4.79 Å². The van der Waals surface area contributed by atoms with Gasteiger partial charge in [0.1, 0.15) is 5.58 Å². The first-order chi connectivity index (χ1) is 8.85. The molecule has 0 fully saturated rings. The van der Waals surface area contributed by atoms with E-state index in [0.717, 1.165) is 22.6 Å². The van der Waals surface area contributed by atoms with Crippen LogP contribution in [0.25, 0.3) is 21.9 Å². The van der Waals surface area contributed by atoms with E-state index >= 15 is 0 Å². The lowest BCUT2D eigenvalue weighted by molar-refractivity contribution is 0.112. The predicted molar refractivity (Wildman–Crippen MR) is 70.3 cm³/mol. The Bertz CT molecular complexity index is 725. The van der Waals surface area contributed by atoms with Gasteiger partial charge < -0.3 is 9.15 Å². The van der Waals surface area contributed by atoms with Gasteiger partial charge in [0, 0.05) is 16.3 Å². The average molecular weight is 240 g/mol. The fourth-order valence-electron chi connectivity index (χ4n) is 2.20. The lowest BCUT2D eigenvalue weighted by Gasteiger charge is -2.04. The summed E-state index contributed by atoms with van der Waals surface area (Å²) in [6, 6.07) is 11.2. The third kappa shape index (κ3) is 1.48. The third-order valence-corrected chi connectivity index (χ3v) is 2.95. The molecule has 3 heteroatoms. The van der Waals surface area contributed by atoms with Gasteiger partial charge in [0.2, 0.25) is 0 Å². The molecule has 90 valence electrons. The molecule has 0 aliphatic heterocycles. The number of ether oxygens (including phenoxy) is 1. The standard InChI is InChI=1S/C15H12O3/c1-2-17-13-8-7-10(9-16)14-11-5-3-4-6-12(11)18-15(13)14/h3-9H,2H2,1H3. The summed E-state index contributed by atoms with van der Waals surface area (Å²) in [6.07, 6.45) is 0.847. The highest BCUT2D eigenvalue weighted by atomic mass is 16.5. The lowest BCUT2D eigenvalue weighted by atomic mass is 10.1. The second-order valence-electron chi connectivity index (χ2n) is 4.01. The fraction of sp³-hybridized carbons (Fsp3) is 0.133. The maximum Gasteiger partial charge on any atom is 0.177 e. The number of benzene rings is 2. The summed E-state index contributed by atoms with van der Waals surface area (Å²) in [5.74, 6) is 0.675. The number of furan rings is 1. The molecule has 0 spiro atoms. The number of hydrogen-bond donors (Lipinski definition) is 0. The number of fused-ring (bicyclic) bond motifs is 3. The first-order valence-corrected chi connectivity index (χ1v) is 5.87. The molecule has 0 N–H and O–H groups in total. The normalized spacial score (nSPS) is 10.9. The van der Waals surface area contributed by atoms with Crippen molar-refractivity contribution in [2.75, 3.05) is 6.61 Å². The number of para-hydroxylation sites is 1.